The largest absolute Gasteiger partial charge is 0.352 e. The fourth-order valence-corrected chi connectivity index (χ4v) is 5.02. The fraction of sp³-hybridized carbons (Fsp3) is 0.0741. The number of benzene rings is 3. The van der Waals surface area contributed by atoms with Crippen LogP contribution >= 0.6 is 35.0 Å². The van der Waals surface area contributed by atoms with E-state index in [2.05, 4.69) is 16.4 Å². The third kappa shape index (κ3) is 4.87. The number of nitrogens with one attached hydrogen (secondary N) is 1. The van der Waals surface area contributed by atoms with E-state index in [1.165, 1.54) is 0 Å². The summed E-state index contributed by atoms with van der Waals surface area (Å²) >= 11 is 14.1. The van der Waals surface area contributed by atoms with Crippen LogP contribution in [0.3, 0.4) is 0 Å². The molecule has 1 N–H and O–H groups in total. The van der Waals surface area contributed by atoms with E-state index in [0.29, 0.717) is 22.2 Å². The molecule has 4 nitrogen and oxygen atoms in total. The Hall–Kier alpha value is -3.12. The molecule has 1 aromatic heterocycles. The molecule has 1 aliphatic rings. The van der Waals surface area contributed by atoms with Crippen LogP contribution in [0.1, 0.15) is 27.0 Å². The van der Waals surface area contributed by atoms with Crippen molar-refractivity contribution in [1.29, 1.82) is 0 Å². The molecule has 5 rings (SSSR count). The molecule has 3 aromatic carbocycles. The van der Waals surface area contributed by atoms with E-state index in [1.807, 2.05) is 60.7 Å². The average molecular weight is 504 g/mol. The number of nitrogens with zero attached hydrogens (tertiary/aromatic N) is 2. The van der Waals surface area contributed by atoms with E-state index in [9.17, 15) is 4.79 Å². The summed E-state index contributed by atoms with van der Waals surface area (Å²) < 4.78 is 0. The molecule has 1 amide bonds. The van der Waals surface area contributed by atoms with Crippen molar-refractivity contribution < 1.29 is 4.79 Å². The topological polar surface area (TPSA) is 54.4 Å². The summed E-state index contributed by atoms with van der Waals surface area (Å²) in [5.74, 6) is -0.130. The third-order valence-electron chi connectivity index (χ3n) is 5.46. The lowest BCUT2D eigenvalue weighted by Crippen LogP contribution is -2.25. The van der Waals surface area contributed by atoms with Crippen LogP contribution in [0.2, 0.25) is 10.0 Å². The molecule has 0 unspecified atom stereocenters. The second kappa shape index (κ2) is 10.0. The first kappa shape index (κ1) is 22.7. The Morgan fingerprint density at radius 1 is 0.882 bits per heavy atom. The van der Waals surface area contributed by atoms with Gasteiger partial charge in [0.2, 0.25) is 0 Å². The van der Waals surface area contributed by atoms with Gasteiger partial charge in [0.05, 0.1) is 21.4 Å². The summed E-state index contributed by atoms with van der Waals surface area (Å²) in [6.45, 7) is 0.540. The van der Waals surface area contributed by atoms with Gasteiger partial charge < -0.3 is 5.32 Å². The van der Waals surface area contributed by atoms with Crippen molar-refractivity contribution in [2.24, 2.45) is 4.99 Å². The minimum Gasteiger partial charge on any atom is -0.352 e. The number of fused-ring (bicyclic) bond motifs is 2. The van der Waals surface area contributed by atoms with E-state index >= 15 is 0 Å². The van der Waals surface area contributed by atoms with Crippen molar-refractivity contribution >= 4 is 52.3 Å². The lowest BCUT2D eigenvalue weighted by atomic mass is 10.0. The first-order valence-electron chi connectivity index (χ1n) is 10.7. The van der Waals surface area contributed by atoms with Gasteiger partial charge in [-0.3, -0.25) is 9.78 Å². The predicted molar refractivity (Wildman–Crippen MR) is 139 cm³/mol. The van der Waals surface area contributed by atoms with Crippen LogP contribution < -0.4 is 5.32 Å². The number of carbonyl (C=O) groups excluding carboxylic acids is 1. The highest BCUT2D eigenvalue weighted by Gasteiger charge is 2.20. The van der Waals surface area contributed by atoms with Gasteiger partial charge in [-0.05, 0) is 60.5 Å². The molecule has 4 aromatic rings. The SMILES string of the molecule is O=C(NCCc1ccncc1)c1ccc2c(c1)N=C(c1ccc(Cl)c(Cl)c1)c1ccccc1S2. The quantitative estimate of drug-likeness (QED) is 0.281. The normalized spacial score (nSPS) is 12.2. The Morgan fingerprint density at radius 3 is 2.53 bits per heavy atom. The highest BCUT2D eigenvalue weighted by atomic mass is 35.5. The van der Waals surface area contributed by atoms with Gasteiger partial charge in [-0.1, -0.05) is 59.2 Å². The Bertz CT molecular complexity index is 1410. The molecule has 34 heavy (non-hydrogen) atoms. The van der Waals surface area contributed by atoms with Crippen LogP contribution in [0, 0.1) is 0 Å². The zero-order chi connectivity index (χ0) is 23.5. The number of aromatic nitrogens is 1. The van der Waals surface area contributed by atoms with Crippen molar-refractivity contribution in [3.63, 3.8) is 0 Å². The third-order valence-corrected chi connectivity index (χ3v) is 7.34. The van der Waals surface area contributed by atoms with Crippen molar-refractivity contribution in [2.45, 2.75) is 16.2 Å². The molecular formula is C27H19Cl2N3OS. The molecule has 1 aliphatic heterocycles. The highest BCUT2D eigenvalue weighted by Crippen LogP contribution is 2.42. The van der Waals surface area contributed by atoms with Crippen LogP contribution in [-0.4, -0.2) is 23.1 Å². The molecule has 168 valence electrons. The molecule has 0 saturated heterocycles. The van der Waals surface area contributed by atoms with E-state index in [4.69, 9.17) is 28.2 Å². The molecule has 7 heteroatoms. The van der Waals surface area contributed by atoms with Crippen LogP contribution in [0.25, 0.3) is 0 Å². The molecule has 0 spiro atoms. The van der Waals surface area contributed by atoms with Crippen LogP contribution in [-0.2, 0) is 6.42 Å². The summed E-state index contributed by atoms with van der Waals surface area (Å²) in [7, 11) is 0. The molecule has 0 radical (unpaired) electrons. The number of pyridine rings is 1. The number of amides is 1. The summed E-state index contributed by atoms with van der Waals surface area (Å²) in [5, 5.41) is 3.96. The Kier molecular flexibility index (Phi) is 6.68. The second-order valence-electron chi connectivity index (χ2n) is 7.73. The van der Waals surface area contributed by atoms with Gasteiger partial charge in [0.1, 0.15) is 0 Å². The maximum Gasteiger partial charge on any atom is 0.251 e. The maximum absolute atomic E-state index is 12.8. The van der Waals surface area contributed by atoms with E-state index < -0.39 is 0 Å². The molecular weight excluding hydrogens is 485 g/mol. The minimum atomic E-state index is -0.130. The van der Waals surface area contributed by atoms with Gasteiger partial charge in [0.15, 0.2) is 0 Å². The predicted octanol–water partition coefficient (Wildman–Crippen LogP) is 6.99. The Labute approximate surface area is 212 Å². The summed E-state index contributed by atoms with van der Waals surface area (Å²) in [5.41, 5.74) is 5.09. The van der Waals surface area contributed by atoms with Crippen molar-refractivity contribution in [1.82, 2.24) is 10.3 Å². The fourth-order valence-electron chi connectivity index (χ4n) is 3.72. The number of carbonyl (C=O) groups is 1. The maximum atomic E-state index is 12.8. The van der Waals surface area contributed by atoms with Crippen molar-refractivity contribution in [2.75, 3.05) is 6.54 Å². The zero-order valence-corrected chi connectivity index (χ0v) is 20.3. The molecule has 0 aliphatic carbocycles. The van der Waals surface area contributed by atoms with Gasteiger partial charge in [-0.2, -0.15) is 0 Å². The average Bonchev–Trinajstić information content (AvgIpc) is 3.02. The van der Waals surface area contributed by atoms with E-state index in [0.717, 1.165) is 44.3 Å². The molecule has 0 saturated carbocycles. The first-order valence-corrected chi connectivity index (χ1v) is 12.3. The van der Waals surface area contributed by atoms with Crippen LogP contribution in [0.15, 0.2) is 100.0 Å². The zero-order valence-electron chi connectivity index (χ0n) is 18.0. The van der Waals surface area contributed by atoms with Crippen molar-refractivity contribution in [3.8, 4) is 0 Å². The van der Waals surface area contributed by atoms with Gasteiger partial charge in [-0.25, -0.2) is 4.99 Å². The lowest BCUT2D eigenvalue weighted by Gasteiger charge is -2.10. The Morgan fingerprint density at radius 2 is 1.71 bits per heavy atom. The molecule has 0 fully saturated rings. The minimum absolute atomic E-state index is 0.130. The van der Waals surface area contributed by atoms with E-state index in [1.54, 1.807) is 30.2 Å². The number of rotatable bonds is 5. The highest BCUT2D eigenvalue weighted by molar-refractivity contribution is 7.99. The summed E-state index contributed by atoms with van der Waals surface area (Å²) in [6, 6.07) is 23.2. The molecule has 0 atom stereocenters. The number of aliphatic imine (C=N–C) groups is 1. The van der Waals surface area contributed by atoms with Crippen LogP contribution in [0.5, 0.6) is 0 Å². The van der Waals surface area contributed by atoms with Crippen molar-refractivity contribution in [3.05, 3.63) is 117 Å². The monoisotopic (exact) mass is 503 g/mol. The smallest absolute Gasteiger partial charge is 0.251 e. The molecule has 0 bridgehead atoms. The Balaban J connectivity index is 1.47. The van der Waals surface area contributed by atoms with Gasteiger partial charge >= 0.3 is 0 Å². The lowest BCUT2D eigenvalue weighted by molar-refractivity contribution is 0.0954. The van der Waals surface area contributed by atoms with Gasteiger partial charge in [-0.15, -0.1) is 0 Å². The summed E-state index contributed by atoms with van der Waals surface area (Å²) in [6.07, 6.45) is 4.25. The molecule has 2 heterocycles. The second-order valence-corrected chi connectivity index (χ2v) is 9.63. The summed E-state index contributed by atoms with van der Waals surface area (Å²) in [4.78, 5) is 23.9. The first-order chi connectivity index (χ1) is 16.6. The number of hydrogen-bond acceptors (Lipinski definition) is 4. The number of hydrogen-bond donors (Lipinski definition) is 1. The standard InChI is InChI=1S/C27H19Cl2N3OS/c28-21-7-5-18(15-22(21)29)26-20-3-1-2-4-24(20)34-25-8-6-19(16-23(25)32-26)27(33)31-14-11-17-9-12-30-13-10-17/h1-10,12-13,15-16H,11,14H2,(H,31,33). The van der Waals surface area contributed by atoms with Gasteiger partial charge in [0, 0.05) is 45.4 Å². The van der Waals surface area contributed by atoms with E-state index in [-0.39, 0.29) is 5.91 Å². The van der Waals surface area contributed by atoms with Crippen LogP contribution in [0.4, 0.5) is 5.69 Å². The number of halogens is 2. The van der Waals surface area contributed by atoms with Gasteiger partial charge in [0.25, 0.3) is 5.91 Å².